The van der Waals surface area contributed by atoms with Crippen molar-refractivity contribution in [3.63, 3.8) is 0 Å². The van der Waals surface area contributed by atoms with Gasteiger partial charge in [0.05, 0.1) is 11.1 Å². The maximum Gasteiger partial charge on any atom is 0.267 e. The Hall–Kier alpha value is -1.36. The summed E-state index contributed by atoms with van der Waals surface area (Å²) in [6, 6.07) is 8.83. The third-order valence-corrected chi connectivity index (χ3v) is 3.82. The van der Waals surface area contributed by atoms with E-state index in [1.807, 2.05) is 6.07 Å². The van der Waals surface area contributed by atoms with Crippen molar-refractivity contribution in [3.8, 4) is 0 Å². The second-order valence-electron chi connectivity index (χ2n) is 3.82. The summed E-state index contributed by atoms with van der Waals surface area (Å²) in [7, 11) is 0. The number of aliphatic hydroxyl groups excluding tert-OH is 1. The Morgan fingerprint density at radius 2 is 2.11 bits per heavy atom. The van der Waals surface area contributed by atoms with Gasteiger partial charge in [-0.25, -0.2) is 0 Å². The molecule has 1 aromatic carbocycles. The molecule has 94 valence electrons. The summed E-state index contributed by atoms with van der Waals surface area (Å²) in [5.74, 6) is -0.261. The minimum atomic E-state index is -0.639. The zero-order valence-electron chi connectivity index (χ0n) is 9.68. The van der Waals surface area contributed by atoms with Gasteiger partial charge in [0.2, 0.25) is 0 Å². The third-order valence-electron chi connectivity index (χ3n) is 2.48. The van der Waals surface area contributed by atoms with Crippen LogP contribution in [-0.4, -0.2) is 11.0 Å². The molecule has 0 radical (unpaired) electrons. The highest BCUT2D eigenvalue weighted by Crippen LogP contribution is 2.26. The first-order chi connectivity index (χ1) is 8.59. The van der Waals surface area contributed by atoms with Gasteiger partial charge in [-0.05, 0) is 24.4 Å². The minimum absolute atomic E-state index is 0.261. The largest absolute Gasteiger partial charge is 0.389 e. The van der Waals surface area contributed by atoms with E-state index in [2.05, 4.69) is 5.32 Å². The number of hydrogen-bond donors (Lipinski definition) is 2. The summed E-state index contributed by atoms with van der Waals surface area (Å²) >= 11 is 7.19. The molecule has 2 N–H and O–H groups in total. The molecule has 18 heavy (non-hydrogen) atoms. The predicted octanol–water partition coefficient (Wildman–Crippen LogP) is 3.71. The van der Waals surface area contributed by atoms with E-state index < -0.39 is 6.10 Å². The van der Waals surface area contributed by atoms with Crippen molar-refractivity contribution in [1.82, 2.24) is 0 Å². The van der Waals surface area contributed by atoms with Crippen LogP contribution in [0.25, 0.3) is 0 Å². The second kappa shape index (κ2) is 5.52. The van der Waals surface area contributed by atoms with Gasteiger partial charge in [-0.1, -0.05) is 29.8 Å². The Balaban J connectivity index is 2.25. The van der Waals surface area contributed by atoms with Crippen molar-refractivity contribution in [3.05, 3.63) is 51.2 Å². The Labute approximate surface area is 114 Å². The third kappa shape index (κ3) is 2.72. The van der Waals surface area contributed by atoms with Gasteiger partial charge in [0.25, 0.3) is 5.91 Å². The van der Waals surface area contributed by atoms with Crippen LogP contribution < -0.4 is 5.32 Å². The van der Waals surface area contributed by atoms with E-state index in [4.69, 9.17) is 11.6 Å². The van der Waals surface area contributed by atoms with Crippen LogP contribution in [0.3, 0.4) is 0 Å². The van der Waals surface area contributed by atoms with Crippen molar-refractivity contribution in [2.75, 3.05) is 5.32 Å². The van der Waals surface area contributed by atoms with E-state index in [9.17, 15) is 9.90 Å². The number of anilines is 1. The number of rotatable bonds is 3. The molecule has 0 saturated carbocycles. The molecule has 0 bridgehead atoms. The lowest BCUT2D eigenvalue weighted by Gasteiger charge is -2.12. The fourth-order valence-corrected chi connectivity index (χ4v) is 2.65. The van der Waals surface area contributed by atoms with Gasteiger partial charge in [0, 0.05) is 11.3 Å². The molecular formula is C13H12ClNO2S. The molecule has 0 saturated heterocycles. The highest BCUT2D eigenvalue weighted by Gasteiger charge is 2.14. The number of aliphatic hydroxyl groups is 1. The first kappa shape index (κ1) is 13.1. The van der Waals surface area contributed by atoms with Crippen LogP contribution in [0.4, 0.5) is 5.69 Å². The van der Waals surface area contributed by atoms with Crippen LogP contribution >= 0.6 is 22.9 Å². The number of halogens is 1. The highest BCUT2D eigenvalue weighted by atomic mass is 35.5. The average molecular weight is 282 g/mol. The summed E-state index contributed by atoms with van der Waals surface area (Å²) < 4.78 is 0. The number of amides is 1. The van der Waals surface area contributed by atoms with Crippen LogP contribution in [0.2, 0.25) is 5.02 Å². The number of thiophene rings is 1. The molecule has 0 aliphatic carbocycles. The Bertz CT molecular complexity index is 566. The maximum absolute atomic E-state index is 12.0. The number of hydrogen-bond acceptors (Lipinski definition) is 3. The molecule has 3 nitrogen and oxygen atoms in total. The van der Waals surface area contributed by atoms with Gasteiger partial charge in [-0.15, -0.1) is 11.3 Å². The van der Waals surface area contributed by atoms with Crippen LogP contribution in [0, 0.1) is 0 Å². The van der Waals surface area contributed by atoms with Crippen LogP contribution in [-0.2, 0) is 0 Å². The van der Waals surface area contributed by atoms with Crippen molar-refractivity contribution in [1.29, 1.82) is 0 Å². The Kier molecular flexibility index (Phi) is 4.01. The molecule has 0 aliphatic heterocycles. The molecule has 0 aliphatic rings. The Morgan fingerprint density at radius 1 is 1.39 bits per heavy atom. The molecule has 0 spiro atoms. The van der Waals surface area contributed by atoms with Crippen LogP contribution in [0.15, 0.2) is 35.7 Å². The van der Waals surface area contributed by atoms with E-state index >= 15 is 0 Å². The van der Waals surface area contributed by atoms with Crippen molar-refractivity contribution in [2.24, 2.45) is 0 Å². The van der Waals surface area contributed by atoms with Gasteiger partial charge < -0.3 is 10.4 Å². The Morgan fingerprint density at radius 3 is 2.72 bits per heavy atom. The van der Waals surface area contributed by atoms with E-state index in [-0.39, 0.29) is 5.91 Å². The molecule has 2 rings (SSSR count). The molecule has 1 aromatic heterocycles. The summed E-state index contributed by atoms with van der Waals surface area (Å²) in [5, 5.41) is 14.6. The molecule has 5 heteroatoms. The lowest BCUT2D eigenvalue weighted by Crippen LogP contribution is -2.12. The fourth-order valence-electron chi connectivity index (χ4n) is 1.61. The molecule has 1 atom stereocenters. The standard InChI is InChI=1S/C13H12ClNO2S/c1-8(16)9-4-2-3-5-11(9)15-13(17)12-10(14)6-7-18-12/h2-8,16H,1H3,(H,15,17). The highest BCUT2D eigenvalue weighted by molar-refractivity contribution is 7.12. The summed E-state index contributed by atoms with van der Waals surface area (Å²) in [6.07, 6.45) is -0.639. The second-order valence-corrected chi connectivity index (χ2v) is 5.14. The number of carbonyl (C=O) groups is 1. The molecule has 1 heterocycles. The van der Waals surface area contributed by atoms with E-state index in [1.165, 1.54) is 11.3 Å². The first-order valence-electron chi connectivity index (χ1n) is 5.41. The zero-order valence-corrected chi connectivity index (χ0v) is 11.3. The van der Waals surface area contributed by atoms with Gasteiger partial charge >= 0.3 is 0 Å². The van der Waals surface area contributed by atoms with Gasteiger partial charge in [0.15, 0.2) is 0 Å². The molecule has 2 aromatic rings. The number of carbonyl (C=O) groups excluding carboxylic acids is 1. The molecule has 0 fully saturated rings. The van der Waals surface area contributed by atoms with E-state index in [0.29, 0.717) is 21.2 Å². The van der Waals surface area contributed by atoms with Crippen LogP contribution in [0.5, 0.6) is 0 Å². The summed E-state index contributed by atoms with van der Waals surface area (Å²) in [5.41, 5.74) is 1.28. The van der Waals surface area contributed by atoms with Gasteiger partial charge in [-0.2, -0.15) is 0 Å². The predicted molar refractivity (Wildman–Crippen MR) is 74.4 cm³/mol. The fraction of sp³-hybridized carbons (Fsp3) is 0.154. The van der Waals surface area contributed by atoms with Crippen molar-refractivity contribution < 1.29 is 9.90 Å². The van der Waals surface area contributed by atoms with Gasteiger partial charge in [0.1, 0.15) is 4.88 Å². The van der Waals surface area contributed by atoms with Crippen LogP contribution in [0.1, 0.15) is 28.3 Å². The summed E-state index contributed by atoms with van der Waals surface area (Å²) in [6.45, 7) is 1.66. The number of benzene rings is 1. The first-order valence-corrected chi connectivity index (χ1v) is 6.66. The number of nitrogens with one attached hydrogen (secondary N) is 1. The SMILES string of the molecule is CC(O)c1ccccc1NC(=O)c1sccc1Cl. The summed E-state index contributed by atoms with van der Waals surface area (Å²) in [4.78, 5) is 12.5. The topological polar surface area (TPSA) is 49.3 Å². The lowest BCUT2D eigenvalue weighted by molar-refractivity contribution is 0.103. The van der Waals surface area contributed by atoms with Crippen molar-refractivity contribution in [2.45, 2.75) is 13.0 Å². The quantitative estimate of drug-likeness (QED) is 0.901. The minimum Gasteiger partial charge on any atom is -0.389 e. The normalized spacial score (nSPS) is 12.2. The van der Waals surface area contributed by atoms with E-state index in [0.717, 1.165) is 0 Å². The molecule has 1 unspecified atom stereocenters. The van der Waals surface area contributed by atoms with Gasteiger partial charge in [-0.3, -0.25) is 4.79 Å². The average Bonchev–Trinajstić information content (AvgIpc) is 2.76. The zero-order chi connectivity index (χ0) is 13.1. The molecule has 1 amide bonds. The van der Waals surface area contributed by atoms with E-state index in [1.54, 1.807) is 36.6 Å². The smallest absolute Gasteiger partial charge is 0.267 e. The monoisotopic (exact) mass is 281 g/mol. The maximum atomic E-state index is 12.0. The lowest BCUT2D eigenvalue weighted by atomic mass is 10.1. The van der Waals surface area contributed by atoms with Crippen molar-refractivity contribution >= 4 is 34.5 Å². The number of para-hydroxylation sites is 1. The molecular weight excluding hydrogens is 270 g/mol.